The van der Waals surface area contributed by atoms with Gasteiger partial charge in [0.1, 0.15) is 0 Å². The molecule has 2 atom stereocenters. The Hall–Kier alpha value is -1.15. The van der Waals surface area contributed by atoms with Gasteiger partial charge in [0.25, 0.3) is 0 Å². The van der Waals surface area contributed by atoms with Crippen molar-refractivity contribution in [2.45, 2.75) is 13.0 Å². The molecule has 0 bridgehead atoms. The fourth-order valence-corrected chi connectivity index (χ4v) is 1.64. The van der Waals surface area contributed by atoms with Crippen LogP contribution >= 0.6 is 0 Å². The van der Waals surface area contributed by atoms with Gasteiger partial charge >= 0.3 is 0 Å². The molecule has 2 heteroatoms. The Labute approximate surface area is 70.8 Å². The van der Waals surface area contributed by atoms with Crippen LogP contribution in [0.15, 0.2) is 24.3 Å². The summed E-state index contributed by atoms with van der Waals surface area (Å²) in [6.45, 7) is 1.76. The monoisotopic (exact) mass is 162 g/mol. The highest BCUT2D eigenvalue weighted by molar-refractivity contribution is 6.02. The van der Waals surface area contributed by atoms with Crippen LogP contribution in [-0.4, -0.2) is 10.9 Å². The lowest BCUT2D eigenvalue weighted by molar-refractivity contribution is 0.0790. The van der Waals surface area contributed by atoms with Crippen molar-refractivity contribution < 1.29 is 9.90 Å². The predicted molar refractivity (Wildman–Crippen MR) is 44.9 cm³/mol. The highest BCUT2D eigenvalue weighted by atomic mass is 16.3. The maximum absolute atomic E-state index is 11.4. The molecule has 1 aliphatic carbocycles. The van der Waals surface area contributed by atoms with Gasteiger partial charge in [-0.1, -0.05) is 31.2 Å². The summed E-state index contributed by atoms with van der Waals surface area (Å²) in [6.07, 6.45) is -0.603. The SMILES string of the molecule is C[C@H]1C(=O)c2ccccc2[C@H]1O. The van der Waals surface area contributed by atoms with Crippen molar-refractivity contribution in [1.29, 1.82) is 0 Å². The van der Waals surface area contributed by atoms with E-state index in [1.807, 2.05) is 12.1 Å². The summed E-state index contributed by atoms with van der Waals surface area (Å²) in [5, 5.41) is 9.60. The summed E-state index contributed by atoms with van der Waals surface area (Å²) < 4.78 is 0. The average molecular weight is 162 g/mol. The lowest BCUT2D eigenvalue weighted by Crippen LogP contribution is -2.08. The van der Waals surface area contributed by atoms with E-state index in [9.17, 15) is 9.90 Å². The third-order valence-corrected chi connectivity index (χ3v) is 2.43. The van der Waals surface area contributed by atoms with E-state index >= 15 is 0 Å². The van der Waals surface area contributed by atoms with Gasteiger partial charge < -0.3 is 5.11 Å². The van der Waals surface area contributed by atoms with Gasteiger partial charge in [-0.15, -0.1) is 0 Å². The molecule has 0 radical (unpaired) electrons. The third-order valence-electron chi connectivity index (χ3n) is 2.43. The molecular weight excluding hydrogens is 152 g/mol. The van der Waals surface area contributed by atoms with Crippen molar-refractivity contribution in [1.82, 2.24) is 0 Å². The van der Waals surface area contributed by atoms with E-state index in [4.69, 9.17) is 0 Å². The first-order valence-electron chi connectivity index (χ1n) is 4.03. The van der Waals surface area contributed by atoms with Crippen LogP contribution < -0.4 is 0 Å². The molecule has 0 spiro atoms. The number of ketones is 1. The molecule has 2 nitrogen and oxygen atoms in total. The molecule has 0 aliphatic heterocycles. The smallest absolute Gasteiger partial charge is 0.168 e. The lowest BCUT2D eigenvalue weighted by atomic mass is 10.1. The Bertz CT molecular complexity index is 330. The van der Waals surface area contributed by atoms with Crippen LogP contribution in [0.5, 0.6) is 0 Å². The van der Waals surface area contributed by atoms with Crippen molar-refractivity contribution in [3.63, 3.8) is 0 Å². The van der Waals surface area contributed by atoms with Crippen LogP contribution in [0.3, 0.4) is 0 Å². The lowest BCUT2D eigenvalue weighted by Gasteiger charge is -2.05. The van der Waals surface area contributed by atoms with Crippen molar-refractivity contribution in [2.75, 3.05) is 0 Å². The zero-order chi connectivity index (χ0) is 8.72. The Morgan fingerprint density at radius 3 is 2.67 bits per heavy atom. The van der Waals surface area contributed by atoms with Crippen LogP contribution in [0, 0.1) is 5.92 Å². The fourth-order valence-electron chi connectivity index (χ4n) is 1.64. The first kappa shape index (κ1) is 7.50. The number of carbonyl (C=O) groups excluding carboxylic acids is 1. The molecule has 1 aromatic carbocycles. The summed E-state index contributed by atoms with van der Waals surface area (Å²) in [5.41, 5.74) is 1.45. The molecule has 2 rings (SSSR count). The molecule has 0 amide bonds. The summed E-state index contributed by atoms with van der Waals surface area (Å²) in [4.78, 5) is 11.4. The minimum Gasteiger partial charge on any atom is -0.388 e. The molecule has 1 aliphatic rings. The van der Waals surface area contributed by atoms with Crippen molar-refractivity contribution in [3.05, 3.63) is 35.4 Å². The van der Waals surface area contributed by atoms with Gasteiger partial charge in [0, 0.05) is 11.5 Å². The minimum atomic E-state index is -0.603. The van der Waals surface area contributed by atoms with Crippen LogP contribution in [0.25, 0.3) is 0 Å². The average Bonchev–Trinajstić information content (AvgIpc) is 2.33. The maximum atomic E-state index is 11.4. The Morgan fingerprint density at radius 2 is 2.00 bits per heavy atom. The molecular formula is C10H10O2. The normalized spacial score (nSPS) is 27.3. The number of Topliss-reactive ketones (excluding diaryl/α,β-unsaturated/α-hetero) is 1. The second-order valence-electron chi connectivity index (χ2n) is 3.19. The van der Waals surface area contributed by atoms with E-state index in [1.165, 1.54) is 0 Å². The van der Waals surface area contributed by atoms with E-state index in [1.54, 1.807) is 19.1 Å². The second-order valence-corrected chi connectivity index (χ2v) is 3.19. The maximum Gasteiger partial charge on any atom is 0.168 e. The Balaban J connectivity index is 2.59. The van der Waals surface area contributed by atoms with Gasteiger partial charge in [-0.25, -0.2) is 0 Å². The topological polar surface area (TPSA) is 37.3 Å². The first-order valence-corrected chi connectivity index (χ1v) is 4.03. The van der Waals surface area contributed by atoms with Gasteiger partial charge in [0.2, 0.25) is 0 Å². The van der Waals surface area contributed by atoms with Gasteiger partial charge in [-0.05, 0) is 5.56 Å². The largest absolute Gasteiger partial charge is 0.388 e. The van der Waals surface area contributed by atoms with E-state index in [-0.39, 0.29) is 11.7 Å². The highest BCUT2D eigenvalue weighted by Gasteiger charge is 2.34. The van der Waals surface area contributed by atoms with Gasteiger partial charge in [-0.3, -0.25) is 4.79 Å². The Kier molecular flexibility index (Phi) is 1.51. The number of hydrogen-bond donors (Lipinski definition) is 1. The first-order chi connectivity index (χ1) is 5.72. The number of rotatable bonds is 0. The van der Waals surface area contributed by atoms with E-state index in [0.29, 0.717) is 5.56 Å². The third kappa shape index (κ3) is 0.816. The summed E-state index contributed by atoms with van der Waals surface area (Å²) in [7, 11) is 0. The van der Waals surface area contributed by atoms with Crippen LogP contribution in [-0.2, 0) is 0 Å². The van der Waals surface area contributed by atoms with Gasteiger partial charge in [-0.2, -0.15) is 0 Å². The number of benzene rings is 1. The quantitative estimate of drug-likeness (QED) is 0.628. The van der Waals surface area contributed by atoms with Crippen LogP contribution in [0.2, 0.25) is 0 Å². The predicted octanol–water partition coefficient (Wildman–Crippen LogP) is 1.55. The van der Waals surface area contributed by atoms with Crippen molar-refractivity contribution in [3.8, 4) is 0 Å². The van der Waals surface area contributed by atoms with Crippen LogP contribution in [0.4, 0.5) is 0 Å². The van der Waals surface area contributed by atoms with Gasteiger partial charge in [0.05, 0.1) is 6.10 Å². The number of aliphatic hydroxyl groups is 1. The van der Waals surface area contributed by atoms with E-state index in [0.717, 1.165) is 5.56 Å². The molecule has 0 unspecified atom stereocenters. The Morgan fingerprint density at radius 1 is 1.33 bits per heavy atom. The van der Waals surface area contributed by atoms with E-state index < -0.39 is 6.10 Å². The zero-order valence-corrected chi connectivity index (χ0v) is 6.82. The molecule has 12 heavy (non-hydrogen) atoms. The van der Waals surface area contributed by atoms with Crippen molar-refractivity contribution in [2.24, 2.45) is 5.92 Å². The highest BCUT2D eigenvalue weighted by Crippen LogP contribution is 2.34. The van der Waals surface area contributed by atoms with Gasteiger partial charge in [0.15, 0.2) is 5.78 Å². The molecule has 0 heterocycles. The van der Waals surface area contributed by atoms with E-state index in [2.05, 4.69) is 0 Å². The zero-order valence-electron chi connectivity index (χ0n) is 6.82. The number of carbonyl (C=O) groups is 1. The molecule has 62 valence electrons. The molecule has 1 N–H and O–H groups in total. The van der Waals surface area contributed by atoms with Crippen LogP contribution in [0.1, 0.15) is 28.9 Å². The standard InChI is InChI=1S/C10H10O2/c1-6-9(11)7-4-2-3-5-8(7)10(6)12/h2-6,9,11H,1H3/t6-,9+/m1/s1. The number of aliphatic hydroxyl groups excluding tert-OH is 1. The molecule has 1 aromatic rings. The molecule has 0 saturated heterocycles. The molecule has 0 saturated carbocycles. The number of hydrogen-bond acceptors (Lipinski definition) is 2. The number of fused-ring (bicyclic) bond motifs is 1. The minimum absolute atomic E-state index is 0.0538. The molecule has 0 fully saturated rings. The summed E-state index contributed by atoms with van der Waals surface area (Å²) in [6, 6.07) is 7.24. The summed E-state index contributed by atoms with van der Waals surface area (Å²) in [5.74, 6) is -0.222. The fraction of sp³-hybridized carbons (Fsp3) is 0.300. The van der Waals surface area contributed by atoms with Crippen molar-refractivity contribution >= 4 is 5.78 Å². The second kappa shape index (κ2) is 2.42. The molecule has 0 aromatic heterocycles. The summed E-state index contributed by atoms with van der Waals surface area (Å²) >= 11 is 0.